The van der Waals surface area contributed by atoms with Crippen LogP contribution in [0.4, 0.5) is 11.4 Å². The Morgan fingerprint density at radius 2 is 2.06 bits per heavy atom. The standard InChI is InChI=1S/C14H21N3O/c1-17(2)13-6-4-3-5-12(13)16-14(18)10-15-9-11-7-8-11/h3-6,11,15H,7-10H2,1-2H3,(H,16,18). The van der Waals surface area contributed by atoms with Crippen LogP contribution in [-0.4, -0.2) is 33.1 Å². The zero-order chi connectivity index (χ0) is 13.0. The molecule has 1 aliphatic carbocycles. The van der Waals surface area contributed by atoms with Gasteiger partial charge in [-0.1, -0.05) is 12.1 Å². The first-order valence-corrected chi connectivity index (χ1v) is 6.43. The van der Waals surface area contributed by atoms with Crippen LogP contribution in [0.2, 0.25) is 0 Å². The normalized spacial score (nSPS) is 14.3. The maximum atomic E-state index is 11.8. The Balaban J connectivity index is 1.85. The minimum Gasteiger partial charge on any atom is -0.376 e. The molecule has 0 spiro atoms. The Morgan fingerprint density at radius 1 is 1.33 bits per heavy atom. The topological polar surface area (TPSA) is 44.4 Å². The van der Waals surface area contributed by atoms with Gasteiger partial charge < -0.3 is 15.5 Å². The lowest BCUT2D eigenvalue weighted by atomic mass is 10.2. The van der Waals surface area contributed by atoms with Crippen molar-refractivity contribution in [2.45, 2.75) is 12.8 Å². The zero-order valence-electron chi connectivity index (χ0n) is 11.1. The van der Waals surface area contributed by atoms with E-state index in [9.17, 15) is 4.79 Å². The fourth-order valence-electron chi connectivity index (χ4n) is 1.88. The molecule has 0 bridgehead atoms. The Bertz CT molecular complexity index is 413. The van der Waals surface area contributed by atoms with Gasteiger partial charge in [0.05, 0.1) is 17.9 Å². The van der Waals surface area contributed by atoms with E-state index in [2.05, 4.69) is 10.6 Å². The molecule has 1 amide bonds. The van der Waals surface area contributed by atoms with Crippen molar-refractivity contribution >= 4 is 17.3 Å². The van der Waals surface area contributed by atoms with Gasteiger partial charge in [-0.15, -0.1) is 0 Å². The van der Waals surface area contributed by atoms with Gasteiger partial charge in [-0.25, -0.2) is 0 Å². The van der Waals surface area contributed by atoms with Crippen molar-refractivity contribution in [3.8, 4) is 0 Å². The molecule has 0 unspecified atom stereocenters. The summed E-state index contributed by atoms with van der Waals surface area (Å²) in [6, 6.07) is 7.82. The molecule has 0 atom stereocenters. The second-order valence-corrected chi connectivity index (χ2v) is 5.03. The summed E-state index contributed by atoms with van der Waals surface area (Å²) in [4.78, 5) is 13.8. The molecule has 98 valence electrons. The van der Waals surface area contributed by atoms with Crippen LogP contribution >= 0.6 is 0 Å². The van der Waals surface area contributed by atoms with E-state index in [4.69, 9.17) is 0 Å². The van der Waals surface area contributed by atoms with Gasteiger partial charge in [-0.3, -0.25) is 4.79 Å². The molecule has 0 heterocycles. The summed E-state index contributed by atoms with van der Waals surface area (Å²) in [7, 11) is 3.94. The average Bonchev–Trinajstić information content (AvgIpc) is 3.13. The third kappa shape index (κ3) is 3.74. The molecule has 1 fully saturated rings. The van der Waals surface area contributed by atoms with E-state index < -0.39 is 0 Å². The van der Waals surface area contributed by atoms with Gasteiger partial charge in [0.15, 0.2) is 0 Å². The first-order valence-electron chi connectivity index (χ1n) is 6.43. The van der Waals surface area contributed by atoms with E-state index in [1.54, 1.807) is 0 Å². The van der Waals surface area contributed by atoms with Gasteiger partial charge in [-0.2, -0.15) is 0 Å². The monoisotopic (exact) mass is 247 g/mol. The summed E-state index contributed by atoms with van der Waals surface area (Å²) >= 11 is 0. The second-order valence-electron chi connectivity index (χ2n) is 5.03. The molecule has 1 aromatic carbocycles. The molecule has 0 aromatic heterocycles. The summed E-state index contributed by atoms with van der Waals surface area (Å²) in [5.41, 5.74) is 1.88. The highest BCUT2D eigenvalue weighted by Gasteiger charge is 2.20. The molecule has 0 radical (unpaired) electrons. The predicted octanol–water partition coefficient (Wildman–Crippen LogP) is 1.69. The van der Waals surface area contributed by atoms with Crippen LogP contribution < -0.4 is 15.5 Å². The summed E-state index contributed by atoms with van der Waals surface area (Å²) in [6.07, 6.45) is 2.61. The number of nitrogens with one attached hydrogen (secondary N) is 2. The fraction of sp³-hybridized carbons (Fsp3) is 0.500. The number of nitrogens with zero attached hydrogens (tertiary/aromatic N) is 1. The highest BCUT2D eigenvalue weighted by atomic mass is 16.1. The highest BCUT2D eigenvalue weighted by Crippen LogP contribution is 2.27. The summed E-state index contributed by atoms with van der Waals surface area (Å²) in [5.74, 6) is 0.816. The SMILES string of the molecule is CN(C)c1ccccc1NC(=O)CNCC1CC1. The Kier molecular flexibility index (Phi) is 4.20. The maximum Gasteiger partial charge on any atom is 0.238 e. The van der Waals surface area contributed by atoms with Crippen molar-refractivity contribution in [1.29, 1.82) is 0 Å². The number of hydrogen-bond acceptors (Lipinski definition) is 3. The summed E-state index contributed by atoms with van der Waals surface area (Å²) in [5, 5.41) is 6.13. The molecule has 0 saturated heterocycles. The van der Waals surface area contributed by atoms with Gasteiger partial charge in [-0.05, 0) is 37.4 Å². The zero-order valence-corrected chi connectivity index (χ0v) is 11.1. The fourth-order valence-corrected chi connectivity index (χ4v) is 1.88. The van der Waals surface area contributed by atoms with E-state index in [-0.39, 0.29) is 5.91 Å². The van der Waals surface area contributed by atoms with Gasteiger partial charge >= 0.3 is 0 Å². The molecule has 4 heteroatoms. The molecule has 18 heavy (non-hydrogen) atoms. The van der Waals surface area contributed by atoms with Crippen LogP contribution in [0, 0.1) is 5.92 Å². The quantitative estimate of drug-likeness (QED) is 0.804. The van der Waals surface area contributed by atoms with Gasteiger partial charge in [0.2, 0.25) is 5.91 Å². The van der Waals surface area contributed by atoms with Crippen LogP contribution in [0.15, 0.2) is 24.3 Å². The van der Waals surface area contributed by atoms with Crippen LogP contribution in [0.1, 0.15) is 12.8 Å². The number of rotatable bonds is 6. The molecule has 1 aliphatic rings. The van der Waals surface area contributed by atoms with Crippen molar-refractivity contribution < 1.29 is 4.79 Å². The van der Waals surface area contributed by atoms with Crippen molar-refractivity contribution in [1.82, 2.24) is 5.32 Å². The first kappa shape index (κ1) is 12.9. The first-order chi connectivity index (χ1) is 8.66. The number of carbonyl (C=O) groups is 1. The van der Waals surface area contributed by atoms with Crippen LogP contribution in [-0.2, 0) is 4.79 Å². The molecule has 1 aromatic rings. The number of benzene rings is 1. The second kappa shape index (κ2) is 5.87. The number of para-hydroxylation sites is 2. The minimum absolute atomic E-state index is 0.0185. The maximum absolute atomic E-state index is 11.8. The molecule has 1 saturated carbocycles. The van der Waals surface area contributed by atoms with Crippen molar-refractivity contribution in [2.75, 3.05) is 37.4 Å². The molecule has 0 aliphatic heterocycles. The van der Waals surface area contributed by atoms with E-state index in [1.807, 2.05) is 43.3 Å². The average molecular weight is 247 g/mol. The molecule has 2 N–H and O–H groups in total. The van der Waals surface area contributed by atoms with Crippen molar-refractivity contribution in [3.05, 3.63) is 24.3 Å². The molecule has 2 rings (SSSR count). The van der Waals surface area contributed by atoms with Gasteiger partial charge in [0.1, 0.15) is 0 Å². The lowest BCUT2D eigenvalue weighted by molar-refractivity contribution is -0.115. The Morgan fingerprint density at radius 3 is 2.72 bits per heavy atom. The minimum atomic E-state index is 0.0185. The Hall–Kier alpha value is -1.55. The number of amides is 1. The predicted molar refractivity (Wildman–Crippen MR) is 75.0 cm³/mol. The number of hydrogen-bond donors (Lipinski definition) is 2. The third-order valence-corrected chi connectivity index (χ3v) is 3.08. The Labute approximate surface area is 108 Å². The van der Waals surface area contributed by atoms with Crippen LogP contribution in [0.3, 0.4) is 0 Å². The lowest BCUT2D eigenvalue weighted by Gasteiger charge is -2.17. The van der Waals surface area contributed by atoms with Crippen molar-refractivity contribution in [3.63, 3.8) is 0 Å². The van der Waals surface area contributed by atoms with Crippen molar-refractivity contribution in [2.24, 2.45) is 5.92 Å². The molecular weight excluding hydrogens is 226 g/mol. The smallest absolute Gasteiger partial charge is 0.238 e. The lowest BCUT2D eigenvalue weighted by Crippen LogP contribution is -2.30. The van der Waals surface area contributed by atoms with Gasteiger partial charge in [0.25, 0.3) is 0 Å². The van der Waals surface area contributed by atoms with E-state index in [0.29, 0.717) is 6.54 Å². The third-order valence-electron chi connectivity index (χ3n) is 3.08. The van der Waals surface area contributed by atoms with Gasteiger partial charge in [0, 0.05) is 14.1 Å². The molecule has 4 nitrogen and oxygen atoms in total. The highest BCUT2D eigenvalue weighted by molar-refractivity contribution is 5.95. The van der Waals surface area contributed by atoms with Crippen LogP contribution in [0.25, 0.3) is 0 Å². The van der Waals surface area contributed by atoms with E-state index in [0.717, 1.165) is 23.8 Å². The number of anilines is 2. The van der Waals surface area contributed by atoms with E-state index >= 15 is 0 Å². The largest absolute Gasteiger partial charge is 0.376 e. The summed E-state index contributed by atoms with van der Waals surface area (Å²) in [6.45, 7) is 1.35. The van der Waals surface area contributed by atoms with Crippen LogP contribution in [0.5, 0.6) is 0 Å². The molecular formula is C14H21N3O. The number of carbonyl (C=O) groups excluding carboxylic acids is 1. The summed E-state index contributed by atoms with van der Waals surface area (Å²) < 4.78 is 0. The van der Waals surface area contributed by atoms with E-state index in [1.165, 1.54) is 12.8 Å².